The van der Waals surface area contributed by atoms with E-state index in [0.717, 1.165) is 5.56 Å². The second-order valence-corrected chi connectivity index (χ2v) is 3.94. The predicted octanol–water partition coefficient (Wildman–Crippen LogP) is 1.95. The Morgan fingerprint density at radius 2 is 2.19 bits per heavy atom. The molecule has 0 spiro atoms. The molecular formula is C12H17NO3. The van der Waals surface area contributed by atoms with Crippen LogP contribution < -0.4 is 10.5 Å². The molecule has 3 N–H and O–H groups in total. The Balaban J connectivity index is 2.77. The van der Waals surface area contributed by atoms with E-state index >= 15 is 0 Å². The molecule has 0 bridgehead atoms. The minimum Gasteiger partial charge on any atom is -0.491 e. The van der Waals surface area contributed by atoms with Gasteiger partial charge < -0.3 is 15.6 Å². The van der Waals surface area contributed by atoms with Gasteiger partial charge in [0.2, 0.25) is 0 Å². The summed E-state index contributed by atoms with van der Waals surface area (Å²) in [7, 11) is 0. The van der Waals surface area contributed by atoms with Crippen molar-refractivity contribution in [3.05, 3.63) is 29.8 Å². The zero-order valence-electron chi connectivity index (χ0n) is 9.51. The van der Waals surface area contributed by atoms with Crippen LogP contribution >= 0.6 is 0 Å². The highest BCUT2D eigenvalue weighted by molar-refractivity contribution is 5.67. The third-order valence-electron chi connectivity index (χ3n) is 2.05. The molecule has 0 aromatic heterocycles. The van der Waals surface area contributed by atoms with Crippen LogP contribution in [-0.4, -0.2) is 17.2 Å². The quantitative estimate of drug-likeness (QED) is 0.800. The maximum atomic E-state index is 10.5. The molecule has 0 saturated carbocycles. The van der Waals surface area contributed by atoms with Crippen LogP contribution in [0.25, 0.3) is 0 Å². The number of aliphatic carboxylic acids is 1. The van der Waals surface area contributed by atoms with Crippen molar-refractivity contribution in [2.24, 2.45) is 5.73 Å². The number of hydrogen-bond acceptors (Lipinski definition) is 3. The summed E-state index contributed by atoms with van der Waals surface area (Å²) < 4.78 is 5.51. The minimum absolute atomic E-state index is 0.0782. The number of nitrogens with two attached hydrogens (primary N) is 1. The molecular weight excluding hydrogens is 206 g/mol. The molecule has 88 valence electrons. The van der Waals surface area contributed by atoms with Gasteiger partial charge in [0.1, 0.15) is 5.75 Å². The first-order valence-corrected chi connectivity index (χ1v) is 5.23. The van der Waals surface area contributed by atoms with Crippen LogP contribution in [0.4, 0.5) is 0 Å². The van der Waals surface area contributed by atoms with Crippen molar-refractivity contribution in [3.8, 4) is 5.75 Å². The smallest absolute Gasteiger partial charge is 0.305 e. The molecule has 1 atom stereocenters. The van der Waals surface area contributed by atoms with Crippen LogP contribution in [0.5, 0.6) is 5.75 Å². The van der Waals surface area contributed by atoms with Gasteiger partial charge in [0.15, 0.2) is 0 Å². The second kappa shape index (κ2) is 5.51. The summed E-state index contributed by atoms with van der Waals surface area (Å²) in [5.41, 5.74) is 6.54. The Hall–Kier alpha value is -1.55. The SMILES string of the molecule is CC(C)Oc1cccc(C(N)CC(=O)O)c1. The number of benzene rings is 1. The van der Waals surface area contributed by atoms with E-state index in [-0.39, 0.29) is 12.5 Å². The molecule has 0 aliphatic rings. The van der Waals surface area contributed by atoms with Crippen LogP contribution in [0.1, 0.15) is 31.9 Å². The van der Waals surface area contributed by atoms with E-state index in [9.17, 15) is 4.79 Å². The average molecular weight is 223 g/mol. The molecule has 0 heterocycles. The maximum absolute atomic E-state index is 10.5. The molecule has 0 saturated heterocycles. The van der Waals surface area contributed by atoms with E-state index in [1.165, 1.54) is 0 Å². The number of hydrogen-bond donors (Lipinski definition) is 2. The van der Waals surface area contributed by atoms with Gasteiger partial charge in [0.25, 0.3) is 0 Å². The van der Waals surface area contributed by atoms with Gasteiger partial charge in [-0.2, -0.15) is 0 Å². The third kappa shape index (κ3) is 3.90. The van der Waals surface area contributed by atoms with Crippen LogP contribution in [0.2, 0.25) is 0 Å². The second-order valence-electron chi connectivity index (χ2n) is 3.94. The maximum Gasteiger partial charge on any atom is 0.305 e. The Morgan fingerprint density at radius 3 is 2.75 bits per heavy atom. The Bertz CT molecular complexity index is 363. The normalized spacial score (nSPS) is 12.5. The van der Waals surface area contributed by atoms with Gasteiger partial charge in [0.05, 0.1) is 12.5 Å². The van der Waals surface area contributed by atoms with E-state index in [2.05, 4.69) is 0 Å². The van der Waals surface area contributed by atoms with Gasteiger partial charge in [-0.05, 0) is 31.5 Å². The molecule has 16 heavy (non-hydrogen) atoms. The highest BCUT2D eigenvalue weighted by Gasteiger charge is 2.11. The first-order chi connectivity index (χ1) is 7.49. The Kier molecular flexibility index (Phi) is 4.31. The lowest BCUT2D eigenvalue weighted by atomic mass is 10.0. The molecule has 4 nitrogen and oxygen atoms in total. The topological polar surface area (TPSA) is 72.5 Å². The molecule has 0 radical (unpaired) electrons. The van der Waals surface area contributed by atoms with E-state index in [1.54, 1.807) is 12.1 Å². The first-order valence-electron chi connectivity index (χ1n) is 5.23. The number of carbonyl (C=O) groups is 1. The Labute approximate surface area is 95.0 Å². The van der Waals surface area contributed by atoms with E-state index in [0.29, 0.717) is 5.75 Å². The van der Waals surface area contributed by atoms with E-state index < -0.39 is 12.0 Å². The fraction of sp³-hybridized carbons (Fsp3) is 0.417. The standard InChI is InChI=1S/C12H17NO3/c1-8(2)16-10-5-3-4-9(6-10)11(13)7-12(14)15/h3-6,8,11H,7,13H2,1-2H3,(H,14,15). The van der Waals surface area contributed by atoms with E-state index in [4.69, 9.17) is 15.6 Å². The van der Waals surface area contributed by atoms with Crippen molar-refractivity contribution < 1.29 is 14.6 Å². The lowest BCUT2D eigenvalue weighted by Gasteiger charge is -2.13. The highest BCUT2D eigenvalue weighted by atomic mass is 16.5. The summed E-state index contributed by atoms with van der Waals surface area (Å²) in [5.74, 6) is -0.184. The van der Waals surface area contributed by atoms with Crippen molar-refractivity contribution in [1.82, 2.24) is 0 Å². The van der Waals surface area contributed by atoms with Crippen molar-refractivity contribution >= 4 is 5.97 Å². The number of ether oxygens (including phenoxy) is 1. The first kappa shape index (κ1) is 12.5. The van der Waals surface area contributed by atoms with Crippen molar-refractivity contribution in [3.63, 3.8) is 0 Å². The van der Waals surface area contributed by atoms with Gasteiger partial charge in [-0.3, -0.25) is 4.79 Å². The molecule has 1 aromatic rings. The predicted molar refractivity (Wildman–Crippen MR) is 61.4 cm³/mol. The summed E-state index contributed by atoms with van der Waals surface area (Å²) in [6.45, 7) is 3.87. The van der Waals surface area contributed by atoms with Crippen molar-refractivity contribution in [2.75, 3.05) is 0 Å². The van der Waals surface area contributed by atoms with E-state index in [1.807, 2.05) is 26.0 Å². The van der Waals surface area contributed by atoms with Crippen molar-refractivity contribution in [1.29, 1.82) is 0 Å². The molecule has 1 unspecified atom stereocenters. The van der Waals surface area contributed by atoms with Gasteiger partial charge in [-0.1, -0.05) is 12.1 Å². The van der Waals surface area contributed by atoms with Crippen LogP contribution in [0, 0.1) is 0 Å². The fourth-order valence-corrected chi connectivity index (χ4v) is 1.40. The summed E-state index contributed by atoms with van der Waals surface area (Å²) in [6, 6.07) is 6.74. The summed E-state index contributed by atoms with van der Waals surface area (Å²) in [5, 5.41) is 8.65. The number of carboxylic acid groups (broad SMARTS) is 1. The summed E-state index contributed by atoms with van der Waals surface area (Å²) in [4.78, 5) is 10.5. The lowest BCUT2D eigenvalue weighted by Crippen LogP contribution is -2.15. The van der Waals surface area contributed by atoms with Crippen LogP contribution in [0.3, 0.4) is 0 Å². The monoisotopic (exact) mass is 223 g/mol. The van der Waals surface area contributed by atoms with Crippen LogP contribution in [-0.2, 0) is 4.79 Å². The zero-order chi connectivity index (χ0) is 12.1. The van der Waals surface area contributed by atoms with Gasteiger partial charge >= 0.3 is 5.97 Å². The number of carboxylic acids is 1. The molecule has 4 heteroatoms. The molecule has 0 fully saturated rings. The summed E-state index contributed by atoms with van der Waals surface area (Å²) in [6.07, 6.45) is 0.0106. The highest BCUT2D eigenvalue weighted by Crippen LogP contribution is 2.20. The molecule has 0 amide bonds. The number of rotatable bonds is 5. The summed E-state index contributed by atoms with van der Waals surface area (Å²) >= 11 is 0. The lowest BCUT2D eigenvalue weighted by molar-refractivity contribution is -0.137. The average Bonchev–Trinajstić information content (AvgIpc) is 2.16. The fourth-order valence-electron chi connectivity index (χ4n) is 1.40. The Morgan fingerprint density at radius 1 is 1.50 bits per heavy atom. The van der Waals surface area contributed by atoms with Gasteiger partial charge in [0, 0.05) is 6.04 Å². The minimum atomic E-state index is -0.900. The van der Waals surface area contributed by atoms with Crippen molar-refractivity contribution in [2.45, 2.75) is 32.4 Å². The third-order valence-corrected chi connectivity index (χ3v) is 2.05. The molecule has 0 aliphatic carbocycles. The molecule has 0 aliphatic heterocycles. The molecule has 1 aromatic carbocycles. The van der Waals surface area contributed by atoms with Crippen LogP contribution in [0.15, 0.2) is 24.3 Å². The largest absolute Gasteiger partial charge is 0.491 e. The van der Waals surface area contributed by atoms with Gasteiger partial charge in [-0.25, -0.2) is 0 Å². The zero-order valence-corrected chi connectivity index (χ0v) is 9.51. The molecule has 1 rings (SSSR count). The van der Waals surface area contributed by atoms with Gasteiger partial charge in [-0.15, -0.1) is 0 Å².